The average Bonchev–Trinajstić information content (AvgIpc) is 3.46. The second-order valence-electron chi connectivity index (χ2n) is 7.57. The summed E-state index contributed by atoms with van der Waals surface area (Å²) in [6.07, 6.45) is -0.0416. The van der Waals surface area contributed by atoms with Crippen molar-refractivity contribution in [3.05, 3.63) is 78.1 Å². The zero-order valence-electron chi connectivity index (χ0n) is 17.0. The van der Waals surface area contributed by atoms with Crippen LogP contribution in [0.25, 0.3) is 21.0 Å². The molecule has 0 saturated carbocycles. The van der Waals surface area contributed by atoms with Crippen LogP contribution in [0.15, 0.2) is 71.1 Å². The van der Waals surface area contributed by atoms with E-state index in [1.165, 1.54) is 5.56 Å². The highest BCUT2D eigenvalue weighted by molar-refractivity contribution is 7.21. The van der Waals surface area contributed by atoms with Gasteiger partial charge in [-0.25, -0.2) is 4.98 Å². The van der Waals surface area contributed by atoms with Crippen molar-refractivity contribution < 1.29 is 13.9 Å². The molecule has 1 fully saturated rings. The number of para-hydroxylation sites is 1. The number of nitrogens with zero attached hydrogens (tertiary/aromatic N) is 2. The summed E-state index contributed by atoms with van der Waals surface area (Å²) in [5, 5.41) is 3.71. The maximum absolute atomic E-state index is 12.6. The fraction of sp³-hybridized carbons (Fsp3) is 0.250. The lowest BCUT2D eigenvalue weighted by Gasteiger charge is -2.33. The molecule has 3 heterocycles. The van der Waals surface area contributed by atoms with Gasteiger partial charge in [0.1, 0.15) is 0 Å². The van der Waals surface area contributed by atoms with Gasteiger partial charge in [-0.3, -0.25) is 9.69 Å². The SMILES string of the molecule is O=C(NCC1CN(Cc2ccccc2)CCO1)c1ccc(-c2nc3ccccc3s2)o1. The van der Waals surface area contributed by atoms with Crippen molar-refractivity contribution in [2.24, 2.45) is 0 Å². The number of thiazole rings is 1. The number of carbonyl (C=O) groups excluding carboxylic acids is 1. The first-order valence-electron chi connectivity index (χ1n) is 10.4. The summed E-state index contributed by atoms with van der Waals surface area (Å²) in [6.45, 7) is 3.67. The average molecular weight is 434 g/mol. The van der Waals surface area contributed by atoms with Crippen molar-refractivity contribution in [3.8, 4) is 10.8 Å². The Kier molecular flexibility index (Phi) is 5.80. The Balaban J connectivity index is 1.17. The number of aromatic nitrogens is 1. The molecule has 0 radical (unpaired) electrons. The molecule has 1 unspecified atom stereocenters. The maximum Gasteiger partial charge on any atom is 0.287 e. The van der Waals surface area contributed by atoms with Crippen LogP contribution in [0.5, 0.6) is 0 Å². The van der Waals surface area contributed by atoms with Crippen LogP contribution in [-0.4, -0.2) is 48.1 Å². The third-order valence-corrected chi connectivity index (χ3v) is 6.35. The second kappa shape index (κ2) is 9.01. The molecule has 2 aromatic heterocycles. The number of benzene rings is 2. The fourth-order valence-corrected chi connectivity index (χ4v) is 4.66. The van der Waals surface area contributed by atoms with E-state index in [0.717, 1.165) is 34.9 Å². The van der Waals surface area contributed by atoms with Gasteiger partial charge in [-0.15, -0.1) is 11.3 Å². The summed E-state index contributed by atoms with van der Waals surface area (Å²) in [4.78, 5) is 19.5. The van der Waals surface area contributed by atoms with Gasteiger partial charge in [0.15, 0.2) is 16.5 Å². The van der Waals surface area contributed by atoms with Crippen LogP contribution in [0.1, 0.15) is 16.1 Å². The van der Waals surface area contributed by atoms with E-state index in [9.17, 15) is 4.79 Å². The van der Waals surface area contributed by atoms with Crippen molar-refractivity contribution >= 4 is 27.5 Å². The number of furan rings is 1. The molecule has 5 rings (SSSR count). The Morgan fingerprint density at radius 1 is 1.10 bits per heavy atom. The second-order valence-corrected chi connectivity index (χ2v) is 8.60. The van der Waals surface area contributed by atoms with E-state index in [0.29, 0.717) is 18.9 Å². The number of rotatable bonds is 6. The van der Waals surface area contributed by atoms with Crippen LogP contribution in [-0.2, 0) is 11.3 Å². The van der Waals surface area contributed by atoms with Gasteiger partial charge in [-0.05, 0) is 29.8 Å². The quantitative estimate of drug-likeness (QED) is 0.494. The maximum atomic E-state index is 12.6. The minimum absolute atomic E-state index is 0.0416. The van der Waals surface area contributed by atoms with Gasteiger partial charge in [0.2, 0.25) is 0 Å². The first-order chi connectivity index (χ1) is 15.2. The number of carbonyl (C=O) groups is 1. The van der Waals surface area contributed by atoms with E-state index in [-0.39, 0.29) is 17.8 Å². The number of hydrogen-bond donors (Lipinski definition) is 1. The number of nitrogens with one attached hydrogen (secondary N) is 1. The van der Waals surface area contributed by atoms with E-state index in [2.05, 4.69) is 39.5 Å². The standard InChI is InChI=1S/C24H23N3O3S/c28-23(20-10-11-21(30-20)24-26-19-8-4-5-9-22(19)31-24)25-14-18-16-27(12-13-29-18)15-17-6-2-1-3-7-17/h1-11,18H,12-16H2,(H,25,28). The van der Waals surface area contributed by atoms with Crippen LogP contribution in [0, 0.1) is 0 Å². The number of fused-ring (bicyclic) bond motifs is 1. The number of morpholine rings is 1. The Labute approximate surface area is 184 Å². The van der Waals surface area contributed by atoms with Crippen LogP contribution in [0.2, 0.25) is 0 Å². The molecule has 0 aliphatic carbocycles. The Bertz CT molecular complexity index is 1140. The van der Waals surface area contributed by atoms with Crippen molar-refractivity contribution in [3.63, 3.8) is 0 Å². The minimum atomic E-state index is -0.240. The molecule has 158 valence electrons. The summed E-state index contributed by atoms with van der Waals surface area (Å²) in [6, 6.07) is 21.8. The van der Waals surface area contributed by atoms with Crippen molar-refractivity contribution in [2.75, 3.05) is 26.2 Å². The van der Waals surface area contributed by atoms with E-state index >= 15 is 0 Å². The van der Waals surface area contributed by atoms with Crippen molar-refractivity contribution in [1.82, 2.24) is 15.2 Å². The molecule has 7 heteroatoms. The summed E-state index contributed by atoms with van der Waals surface area (Å²) in [7, 11) is 0. The van der Waals surface area contributed by atoms with Crippen LogP contribution in [0.3, 0.4) is 0 Å². The summed E-state index contributed by atoms with van der Waals surface area (Å²) >= 11 is 1.55. The minimum Gasteiger partial charge on any atom is -0.448 e. The molecule has 0 spiro atoms. The van der Waals surface area contributed by atoms with Crippen molar-refractivity contribution in [1.29, 1.82) is 0 Å². The highest BCUT2D eigenvalue weighted by Gasteiger charge is 2.22. The number of hydrogen-bond acceptors (Lipinski definition) is 6. The van der Waals surface area contributed by atoms with Crippen LogP contribution < -0.4 is 5.32 Å². The lowest BCUT2D eigenvalue weighted by Crippen LogP contribution is -2.47. The molecular formula is C24H23N3O3S. The predicted octanol–water partition coefficient (Wildman–Crippen LogP) is 4.19. The number of ether oxygens (including phenoxy) is 1. The third-order valence-electron chi connectivity index (χ3n) is 5.30. The molecule has 1 aliphatic heterocycles. The molecule has 31 heavy (non-hydrogen) atoms. The molecule has 1 atom stereocenters. The Morgan fingerprint density at radius 3 is 2.81 bits per heavy atom. The van der Waals surface area contributed by atoms with E-state index < -0.39 is 0 Å². The largest absolute Gasteiger partial charge is 0.448 e. The highest BCUT2D eigenvalue weighted by Crippen LogP contribution is 2.31. The van der Waals surface area contributed by atoms with Crippen LogP contribution >= 0.6 is 11.3 Å². The first-order valence-corrected chi connectivity index (χ1v) is 11.2. The summed E-state index contributed by atoms with van der Waals surface area (Å²) in [5.74, 6) is 0.650. The highest BCUT2D eigenvalue weighted by atomic mass is 32.1. The topological polar surface area (TPSA) is 67.6 Å². The normalized spacial score (nSPS) is 17.1. The summed E-state index contributed by atoms with van der Waals surface area (Å²) < 4.78 is 12.7. The zero-order chi connectivity index (χ0) is 21.0. The molecule has 1 aliphatic rings. The molecule has 1 amide bonds. The lowest BCUT2D eigenvalue weighted by atomic mass is 10.2. The molecule has 4 aromatic rings. The molecule has 0 bridgehead atoms. The molecular weight excluding hydrogens is 410 g/mol. The predicted molar refractivity (Wildman–Crippen MR) is 121 cm³/mol. The van der Waals surface area contributed by atoms with Gasteiger partial charge in [0.05, 0.1) is 22.9 Å². The molecule has 1 N–H and O–H groups in total. The van der Waals surface area contributed by atoms with Crippen LogP contribution in [0.4, 0.5) is 0 Å². The molecule has 1 saturated heterocycles. The number of amides is 1. The fourth-order valence-electron chi connectivity index (χ4n) is 3.74. The lowest BCUT2D eigenvalue weighted by molar-refractivity contribution is -0.0293. The van der Waals surface area contributed by atoms with E-state index in [4.69, 9.17) is 9.15 Å². The first kappa shape index (κ1) is 19.9. The molecule has 2 aromatic carbocycles. The zero-order valence-corrected chi connectivity index (χ0v) is 17.8. The van der Waals surface area contributed by atoms with Crippen molar-refractivity contribution in [2.45, 2.75) is 12.6 Å². The summed E-state index contributed by atoms with van der Waals surface area (Å²) in [5.41, 5.74) is 2.21. The van der Waals surface area contributed by atoms with Gasteiger partial charge < -0.3 is 14.5 Å². The molecule has 6 nitrogen and oxygen atoms in total. The Hall–Kier alpha value is -3.00. The van der Waals surface area contributed by atoms with Gasteiger partial charge >= 0.3 is 0 Å². The smallest absolute Gasteiger partial charge is 0.287 e. The van der Waals surface area contributed by atoms with E-state index in [1.807, 2.05) is 30.3 Å². The van der Waals surface area contributed by atoms with Gasteiger partial charge in [-0.2, -0.15) is 0 Å². The third kappa shape index (κ3) is 4.69. The Morgan fingerprint density at radius 2 is 1.94 bits per heavy atom. The van der Waals surface area contributed by atoms with E-state index in [1.54, 1.807) is 23.5 Å². The monoisotopic (exact) mass is 433 g/mol. The van der Waals surface area contributed by atoms with Gasteiger partial charge in [0.25, 0.3) is 5.91 Å². The van der Waals surface area contributed by atoms with Gasteiger partial charge in [-0.1, -0.05) is 42.5 Å². The van der Waals surface area contributed by atoms with Gasteiger partial charge in [0, 0.05) is 26.2 Å².